The molecule has 0 saturated carbocycles. The standard InChI is InChI=1S/C54H52ClN15O20S7/c1-27-33(26-57)53-61-51-28(2)49(96(84,85)86)10-9-45(51)70(53)54(74)52(27)69-66-42-18-36(58-29(3)71)39(21-46(42)90-11-6-14-93(75,76)77)63-67-43-20-38(60-31(5)73)41(23-48(43)92-13-8-16-95(81,82)83)65-68-44-19-37(59-30(4)72)40(22-47(44)91-12-7-15-94(78,79)80)64-62-35-24-50(97(87,88)89)34(55)17-32(35)25-56/h9-10,17-24,74H,6-8,11-16H2,1-5H3,(H,58,71)(H,59,72)(H,60,73)(H,75,76,77)(H,78,79,80)(H,81,82,83)(H,84,85,86)(H,87,88,89). The molecule has 0 fully saturated rings. The number of anilines is 3. The third kappa shape index (κ3) is 20.3. The first-order chi connectivity index (χ1) is 45.2. The lowest BCUT2D eigenvalue weighted by Crippen LogP contribution is -2.09. The Bertz CT molecular complexity index is 5210. The van der Waals surface area contributed by atoms with Gasteiger partial charge in [0.25, 0.3) is 50.6 Å². The van der Waals surface area contributed by atoms with Crippen molar-refractivity contribution in [1.82, 2.24) is 9.38 Å². The second kappa shape index (κ2) is 31.0. The first-order valence-electron chi connectivity index (χ1n) is 27.3. The summed E-state index contributed by atoms with van der Waals surface area (Å²) in [5.41, 5.74) is -2.63. The monoisotopic (exact) mass is 1490 g/mol. The average molecular weight is 1490 g/mol. The van der Waals surface area contributed by atoms with Gasteiger partial charge in [0.2, 0.25) is 23.6 Å². The molecule has 0 bridgehead atoms. The number of fused-ring (bicyclic) bond motifs is 3. The predicted molar refractivity (Wildman–Crippen MR) is 353 cm³/mol. The highest BCUT2D eigenvalue weighted by Crippen LogP contribution is 2.47. The van der Waals surface area contributed by atoms with Crippen LogP contribution in [-0.2, 0) is 65.0 Å². The second-order valence-electron chi connectivity index (χ2n) is 20.3. The number of carbonyl (C=O) groups excluding carboxylic acids is 3. The molecule has 2 heterocycles. The maximum atomic E-state index is 12.9. The van der Waals surface area contributed by atoms with E-state index in [1.165, 1.54) is 56.3 Å². The van der Waals surface area contributed by atoms with E-state index >= 15 is 0 Å². The maximum Gasteiger partial charge on any atom is 0.296 e. The summed E-state index contributed by atoms with van der Waals surface area (Å²) < 4.78 is 174. The zero-order valence-corrected chi connectivity index (χ0v) is 57.1. The van der Waals surface area contributed by atoms with Gasteiger partial charge in [-0.2, -0.15) is 52.6 Å². The van der Waals surface area contributed by atoms with Crippen molar-refractivity contribution < 1.29 is 89.1 Å². The highest BCUT2D eigenvalue weighted by Gasteiger charge is 2.26. The Hall–Kier alpha value is -9.02. The summed E-state index contributed by atoms with van der Waals surface area (Å²) in [5.74, 6) is -5.19. The molecule has 512 valence electrons. The number of aryl methyl sites for hydroxylation is 1. The number of nitrogens with zero attached hydrogens (tertiary/aromatic N) is 12. The van der Waals surface area contributed by atoms with Crippen molar-refractivity contribution in [3.8, 4) is 23.8 Å². The molecule has 35 nitrogen and oxygen atoms in total. The number of imidazole rings is 1. The third-order valence-corrected chi connectivity index (χ3v) is 19.9. The van der Waals surface area contributed by atoms with Crippen molar-refractivity contribution in [2.45, 2.75) is 73.5 Å². The SMILES string of the molecule is CC(=O)Nc1cc(N=Nc2cc(SCCCS(=O)(=O)O)c(N=Nc3cc(OCCCS(=O)(=O)O)c(N=Nc4c(C)c(C#N)c5nc6c(C)c(S(=O)(=O)O)ccc6n5c4O)cc3NC(C)=O)cc2NC(C)=O)c(SCCCS(=O)(=O)O)cc1N=Nc1cc(S(=O)(=O)O)c(Cl)cc1C#N. The highest BCUT2D eigenvalue weighted by atomic mass is 35.5. The molecule has 3 amide bonds. The lowest BCUT2D eigenvalue weighted by atomic mass is 10.1. The topological polar surface area (TPSA) is 552 Å². The molecule has 43 heteroatoms. The van der Waals surface area contributed by atoms with Gasteiger partial charge in [0, 0.05) is 42.2 Å². The quantitative estimate of drug-likeness (QED) is 0.00952. The lowest BCUT2D eigenvalue weighted by Gasteiger charge is -2.14. The lowest BCUT2D eigenvalue weighted by molar-refractivity contribution is -0.115. The van der Waals surface area contributed by atoms with Crippen LogP contribution in [-0.4, -0.2) is 132 Å². The van der Waals surface area contributed by atoms with Crippen LogP contribution in [0, 0.1) is 36.5 Å². The molecule has 0 aliphatic heterocycles. The van der Waals surface area contributed by atoms with Gasteiger partial charge in [0.05, 0.1) is 67.4 Å². The van der Waals surface area contributed by atoms with Gasteiger partial charge in [-0.05, 0) is 105 Å². The number of hydrogen-bond donors (Lipinski definition) is 9. The number of aromatic hydroxyl groups is 1. The predicted octanol–water partition coefficient (Wildman–Crippen LogP) is 11.6. The van der Waals surface area contributed by atoms with Crippen LogP contribution in [0.1, 0.15) is 62.3 Å². The number of amides is 3. The highest BCUT2D eigenvalue weighted by molar-refractivity contribution is 7.99. The molecule has 0 atom stereocenters. The molecule has 97 heavy (non-hydrogen) atoms. The van der Waals surface area contributed by atoms with Crippen LogP contribution < -0.4 is 20.7 Å². The number of pyridine rings is 1. The number of rotatable bonds is 28. The summed E-state index contributed by atoms with van der Waals surface area (Å²) in [6.07, 6.45) is -0.607. The number of azo groups is 4. The van der Waals surface area contributed by atoms with E-state index in [9.17, 15) is 94.9 Å². The third-order valence-electron chi connectivity index (χ3n) is 12.9. The van der Waals surface area contributed by atoms with Crippen LogP contribution in [0.3, 0.4) is 0 Å². The van der Waals surface area contributed by atoms with Gasteiger partial charge in [-0.3, -0.25) is 41.5 Å². The molecule has 0 spiro atoms. The molecular weight excluding hydrogens is 1440 g/mol. The van der Waals surface area contributed by atoms with E-state index in [2.05, 4.69) is 61.8 Å². The number of hydrogen-bond acceptors (Lipinski definition) is 28. The number of aromatic nitrogens is 2. The number of carbonyl (C=O) groups is 3. The Morgan fingerprint density at radius 1 is 0.567 bits per heavy atom. The minimum absolute atomic E-state index is 0.0111. The first kappa shape index (κ1) is 75.4. The molecule has 0 aliphatic carbocycles. The van der Waals surface area contributed by atoms with Gasteiger partial charge >= 0.3 is 0 Å². The summed E-state index contributed by atoms with van der Waals surface area (Å²) in [6, 6.07) is 15.2. The van der Waals surface area contributed by atoms with Gasteiger partial charge in [-0.25, -0.2) is 4.98 Å². The molecule has 0 aliphatic rings. The number of halogens is 1. The van der Waals surface area contributed by atoms with Crippen LogP contribution in [0.25, 0.3) is 16.7 Å². The summed E-state index contributed by atoms with van der Waals surface area (Å²) in [7, 11) is -23.1. The fraction of sp³-hybridized carbons (Fsp3) is 0.259. The van der Waals surface area contributed by atoms with E-state index in [-0.39, 0.29) is 142 Å². The Balaban J connectivity index is 1.39. The zero-order chi connectivity index (χ0) is 71.7. The summed E-state index contributed by atoms with van der Waals surface area (Å²) >= 11 is 7.89. The fourth-order valence-corrected chi connectivity index (χ4v) is 14.2. The van der Waals surface area contributed by atoms with Crippen molar-refractivity contribution >= 4 is 183 Å². The van der Waals surface area contributed by atoms with Gasteiger partial charge in [0.1, 0.15) is 68.2 Å². The number of nitrogens with one attached hydrogen (secondary N) is 3. The van der Waals surface area contributed by atoms with Crippen molar-refractivity contribution in [1.29, 1.82) is 10.5 Å². The van der Waals surface area contributed by atoms with Crippen molar-refractivity contribution in [2.75, 3.05) is 51.3 Å². The summed E-state index contributed by atoms with van der Waals surface area (Å²) in [6.45, 7) is 5.68. The molecule has 0 unspecified atom stereocenters. The van der Waals surface area contributed by atoms with E-state index in [4.69, 9.17) is 16.3 Å². The largest absolute Gasteiger partial charge is 0.493 e. The Morgan fingerprint density at radius 2 is 1.01 bits per heavy atom. The van der Waals surface area contributed by atoms with Crippen LogP contribution in [0.2, 0.25) is 5.02 Å². The average Bonchev–Trinajstić information content (AvgIpc) is 1.57. The van der Waals surface area contributed by atoms with Crippen molar-refractivity contribution in [3.05, 3.63) is 87.9 Å². The van der Waals surface area contributed by atoms with Gasteiger partial charge in [-0.1, -0.05) is 11.6 Å². The molecular formula is C54H52ClN15O20S7. The van der Waals surface area contributed by atoms with E-state index < -0.39 is 119 Å². The molecule has 2 aromatic heterocycles. The van der Waals surface area contributed by atoms with Crippen LogP contribution >= 0.6 is 35.1 Å². The Kier molecular flexibility index (Phi) is 24.1. The maximum absolute atomic E-state index is 12.9. The smallest absolute Gasteiger partial charge is 0.296 e. The van der Waals surface area contributed by atoms with Crippen molar-refractivity contribution in [3.63, 3.8) is 0 Å². The Morgan fingerprint density at radius 3 is 1.46 bits per heavy atom. The number of thioether (sulfide) groups is 2. The van der Waals surface area contributed by atoms with E-state index in [1.54, 1.807) is 6.07 Å². The van der Waals surface area contributed by atoms with E-state index in [1.807, 2.05) is 6.07 Å². The number of benzene rings is 5. The molecule has 7 aromatic rings. The summed E-state index contributed by atoms with van der Waals surface area (Å²) in [4.78, 5) is 41.8. The molecule has 5 aromatic carbocycles. The van der Waals surface area contributed by atoms with Crippen LogP contribution in [0.4, 0.5) is 62.6 Å². The number of nitriles is 2. The molecule has 7 rings (SSSR count). The zero-order valence-electron chi connectivity index (χ0n) is 50.6. The van der Waals surface area contributed by atoms with Gasteiger partial charge in [0.15, 0.2) is 11.3 Å². The van der Waals surface area contributed by atoms with Gasteiger partial charge < -0.3 is 25.8 Å². The molecule has 0 radical (unpaired) electrons. The van der Waals surface area contributed by atoms with Gasteiger partial charge in [-0.15, -0.1) is 64.4 Å². The molecule has 9 N–H and O–H groups in total. The van der Waals surface area contributed by atoms with Crippen molar-refractivity contribution in [2.24, 2.45) is 40.9 Å². The minimum Gasteiger partial charge on any atom is -0.493 e. The second-order valence-corrected chi connectivity index (χ2v) is 30.5. The van der Waals surface area contributed by atoms with E-state index in [0.717, 1.165) is 66.9 Å². The number of ether oxygens (including phenoxy) is 1. The normalized spacial score (nSPS) is 12.5. The van der Waals surface area contributed by atoms with Crippen LogP contribution in [0.15, 0.2) is 121 Å². The van der Waals surface area contributed by atoms with Crippen LogP contribution in [0.5, 0.6) is 11.6 Å². The fourth-order valence-electron chi connectivity index (χ4n) is 8.72. The van der Waals surface area contributed by atoms with E-state index in [0.29, 0.717) is 0 Å². The Labute approximate surface area is 565 Å². The molecule has 0 saturated heterocycles. The summed E-state index contributed by atoms with van der Waals surface area (Å²) in [5, 5.41) is 73.5. The first-order valence-corrected chi connectivity index (χ1v) is 37.3. The minimum atomic E-state index is -4.95.